The van der Waals surface area contributed by atoms with Crippen LogP contribution in [0.25, 0.3) is 0 Å². The Morgan fingerprint density at radius 3 is 2.71 bits per heavy atom. The van der Waals surface area contributed by atoms with Gasteiger partial charge in [0.25, 0.3) is 5.69 Å². The first-order valence-electron chi connectivity index (χ1n) is 6.21. The molecule has 2 aromatic rings. The number of nitro groups is 1. The van der Waals surface area contributed by atoms with Crippen LogP contribution in [0.3, 0.4) is 0 Å². The van der Waals surface area contributed by atoms with Crippen molar-refractivity contribution in [2.75, 3.05) is 12.4 Å². The molecule has 1 aromatic carbocycles. The fourth-order valence-corrected chi connectivity index (χ4v) is 2.09. The van der Waals surface area contributed by atoms with E-state index in [-0.39, 0.29) is 10.8 Å². The molecule has 0 amide bonds. The number of halogens is 1. The Morgan fingerprint density at radius 2 is 2.05 bits per heavy atom. The standard InChI is InChI=1S/C14H14ClN3O3/c1-21-9-11-5-3-2-4-10(11)8-16-14-7-12(18(19)20)6-13(15)17-14/h2-7H,8-9H2,1H3,(H,16,17). The van der Waals surface area contributed by atoms with E-state index in [1.165, 1.54) is 12.1 Å². The zero-order valence-corrected chi connectivity index (χ0v) is 12.1. The van der Waals surface area contributed by atoms with Crippen molar-refractivity contribution in [3.8, 4) is 0 Å². The van der Waals surface area contributed by atoms with Gasteiger partial charge in [0.15, 0.2) is 0 Å². The van der Waals surface area contributed by atoms with Crippen LogP contribution in [0.5, 0.6) is 0 Å². The number of aromatic nitrogens is 1. The van der Waals surface area contributed by atoms with E-state index in [1.807, 2.05) is 24.3 Å². The number of hydrogen-bond acceptors (Lipinski definition) is 5. The van der Waals surface area contributed by atoms with Crippen LogP contribution in [0.15, 0.2) is 36.4 Å². The Hall–Kier alpha value is -2.18. The zero-order valence-electron chi connectivity index (χ0n) is 11.4. The van der Waals surface area contributed by atoms with Gasteiger partial charge in [-0.25, -0.2) is 4.98 Å². The van der Waals surface area contributed by atoms with Crippen molar-refractivity contribution >= 4 is 23.1 Å². The van der Waals surface area contributed by atoms with Crippen molar-refractivity contribution in [2.24, 2.45) is 0 Å². The number of pyridine rings is 1. The number of ether oxygens (including phenoxy) is 1. The molecule has 0 saturated carbocycles. The van der Waals surface area contributed by atoms with Crippen LogP contribution in [-0.2, 0) is 17.9 Å². The summed E-state index contributed by atoms with van der Waals surface area (Å²) in [7, 11) is 1.63. The molecule has 0 bridgehead atoms. The minimum Gasteiger partial charge on any atom is -0.380 e. The van der Waals surface area contributed by atoms with Gasteiger partial charge in [0, 0.05) is 13.7 Å². The molecule has 0 unspecified atom stereocenters. The van der Waals surface area contributed by atoms with Crippen LogP contribution in [0.4, 0.5) is 11.5 Å². The second-order valence-electron chi connectivity index (χ2n) is 4.35. The van der Waals surface area contributed by atoms with Crippen molar-refractivity contribution < 1.29 is 9.66 Å². The van der Waals surface area contributed by atoms with Crippen molar-refractivity contribution in [1.82, 2.24) is 4.98 Å². The molecular weight excluding hydrogens is 294 g/mol. The van der Waals surface area contributed by atoms with Gasteiger partial charge in [-0.3, -0.25) is 10.1 Å². The average molecular weight is 308 g/mol. The summed E-state index contributed by atoms with van der Waals surface area (Å²) in [5, 5.41) is 13.9. The summed E-state index contributed by atoms with van der Waals surface area (Å²) in [6.07, 6.45) is 0. The molecule has 0 fully saturated rings. The van der Waals surface area contributed by atoms with E-state index in [2.05, 4.69) is 10.3 Å². The fraction of sp³-hybridized carbons (Fsp3) is 0.214. The van der Waals surface area contributed by atoms with Crippen LogP contribution >= 0.6 is 11.6 Å². The Balaban J connectivity index is 2.15. The average Bonchev–Trinajstić information content (AvgIpc) is 2.46. The molecule has 0 aliphatic heterocycles. The number of hydrogen-bond donors (Lipinski definition) is 1. The van der Waals surface area contributed by atoms with Gasteiger partial charge in [0.05, 0.1) is 23.7 Å². The highest BCUT2D eigenvalue weighted by Gasteiger charge is 2.10. The first-order chi connectivity index (χ1) is 10.1. The van der Waals surface area contributed by atoms with Crippen LogP contribution in [0.2, 0.25) is 5.15 Å². The van der Waals surface area contributed by atoms with Gasteiger partial charge < -0.3 is 10.1 Å². The van der Waals surface area contributed by atoms with E-state index in [0.29, 0.717) is 19.0 Å². The first-order valence-corrected chi connectivity index (χ1v) is 6.59. The SMILES string of the molecule is COCc1ccccc1CNc1cc([N+](=O)[O-])cc(Cl)n1. The molecule has 7 heteroatoms. The summed E-state index contributed by atoms with van der Waals surface area (Å²) in [5.74, 6) is 0.362. The molecule has 0 aliphatic rings. The molecule has 1 aromatic heterocycles. The highest BCUT2D eigenvalue weighted by atomic mass is 35.5. The number of rotatable bonds is 6. The second kappa shape index (κ2) is 7.01. The Morgan fingerprint density at radius 1 is 1.33 bits per heavy atom. The Labute approximate surface area is 126 Å². The minimum atomic E-state index is -0.502. The summed E-state index contributed by atoms with van der Waals surface area (Å²) in [6.45, 7) is 0.977. The number of nitrogens with zero attached hydrogens (tertiary/aromatic N) is 2. The van der Waals surface area contributed by atoms with Crippen LogP contribution in [0.1, 0.15) is 11.1 Å². The lowest BCUT2D eigenvalue weighted by Crippen LogP contribution is -2.05. The summed E-state index contributed by atoms with van der Waals surface area (Å²) in [5.41, 5.74) is 1.98. The largest absolute Gasteiger partial charge is 0.380 e. The smallest absolute Gasteiger partial charge is 0.276 e. The van der Waals surface area contributed by atoms with E-state index >= 15 is 0 Å². The van der Waals surface area contributed by atoms with Gasteiger partial charge in [-0.2, -0.15) is 0 Å². The topological polar surface area (TPSA) is 77.3 Å². The lowest BCUT2D eigenvalue weighted by atomic mass is 10.1. The van der Waals surface area contributed by atoms with Crippen LogP contribution in [-0.4, -0.2) is 17.0 Å². The van der Waals surface area contributed by atoms with Crippen molar-refractivity contribution in [2.45, 2.75) is 13.2 Å². The first kappa shape index (κ1) is 15.2. The molecule has 110 valence electrons. The molecule has 0 atom stereocenters. The van der Waals surface area contributed by atoms with Gasteiger partial charge in [-0.1, -0.05) is 35.9 Å². The van der Waals surface area contributed by atoms with E-state index in [0.717, 1.165) is 11.1 Å². The molecule has 0 radical (unpaired) electrons. The number of anilines is 1. The number of nitrogens with one attached hydrogen (secondary N) is 1. The van der Waals surface area contributed by atoms with Crippen LogP contribution in [0, 0.1) is 10.1 Å². The number of benzene rings is 1. The monoisotopic (exact) mass is 307 g/mol. The third-order valence-corrected chi connectivity index (χ3v) is 3.06. The lowest BCUT2D eigenvalue weighted by Gasteiger charge is -2.10. The van der Waals surface area contributed by atoms with E-state index in [1.54, 1.807) is 7.11 Å². The molecular formula is C14H14ClN3O3. The van der Waals surface area contributed by atoms with Crippen molar-refractivity contribution in [3.05, 3.63) is 62.8 Å². The highest BCUT2D eigenvalue weighted by Crippen LogP contribution is 2.21. The fourth-order valence-electron chi connectivity index (χ4n) is 1.89. The van der Waals surface area contributed by atoms with Gasteiger partial charge >= 0.3 is 0 Å². The summed E-state index contributed by atoms with van der Waals surface area (Å²) in [4.78, 5) is 14.3. The highest BCUT2D eigenvalue weighted by molar-refractivity contribution is 6.29. The molecule has 0 spiro atoms. The molecule has 2 rings (SSSR count). The van der Waals surface area contributed by atoms with Gasteiger partial charge in [0.1, 0.15) is 11.0 Å². The maximum absolute atomic E-state index is 10.8. The van der Waals surface area contributed by atoms with Crippen LogP contribution < -0.4 is 5.32 Å². The molecule has 6 nitrogen and oxygen atoms in total. The summed E-state index contributed by atoms with van der Waals surface area (Å²) < 4.78 is 5.14. The number of methoxy groups -OCH3 is 1. The molecule has 21 heavy (non-hydrogen) atoms. The minimum absolute atomic E-state index is 0.0804. The van der Waals surface area contributed by atoms with E-state index in [4.69, 9.17) is 16.3 Å². The molecule has 1 heterocycles. The zero-order chi connectivity index (χ0) is 15.2. The summed E-state index contributed by atoms with van der Waals surface area (Å²) >= 11 is 5.78. The molecule has 0 aliphatic carbocycles. The predicted octanol–water partition coefficient (Wildman–Crippen LogP) is 3.40. The van der Waals surface area contributed by atoms with Gasteiger partial charge in [0.2, 0.25) is 0 Å². The van der Waals surface area contributed by atoms with E-state index in [9.17, 15) is 10.1 Å². The lowest BCUT2D eigenvalue weighted by molar-refractivity contribution is -0.384. The molecule has 1 N–H and O–H groups in total. The quantitative estimate of drug-likeness (QED) is 0.503. The molecule has 0 saturated heterocycles. The maximum Gasteiger partial charge on any atom is 0.276 e. The summed E-state index contributed by atoms with van der Waals surface area (Å²) in [6, 6.07) is 10.3. The third-order valence-electron chi connectivity index (χ3n) is 2.87. The van der Waals surface area contributed by atoms with Crippen molar-refractivity contribution in [1.29, 1.82) is 0 Å². The van der Waals surface area contributed by atoms with Crippen molar-refractivity contribution in [3.63, 3.8) is 0 Å². The van der Waals surface area contributed by atoms with Gasteiger partial charge in [-0.05, 0) is 11.1 Å². The van der Waals surface area contributed by atoms with Gasteiger partial charge in [-0.15, -0.1) is 0 Å². The second-order valence-corrected chi connectivity index (χ2v) is 4.73. The predicted molar refractivity (Wildman–Crippen MR) is 80.4 cm³/mol. The maximum atomic E-state index is 10.8. The Bertz CT molecular complexity index is 649. The van der Waals surface area contributed by atoms with E-state index < -0.39 is 4.92 Å². The normalized spacial score (nSPS) is 10.4. The third kappa shape index (κ3) is 4.14. The Kier molecular flexibility index (Phi) is 5.08.